The maximum atomic E-state index is 9.59. The van der Waals surface area contributed by atoms with Crippen LogP contribution in [0.4, 0.5) is 5.69 Å². The van der Waals surface area contributed by atoms with Gasteiger partial charge in [0.05, 0.1) is 0 Å². The van der Waals surface area contributed by atoms with Gasteiger partial charge in [-0.3, -0.25) is 0 Å². The first-order valence-corrected chi connectivity index (χ1v) is 6.15. The lowest BCUT2D eigenvalue weighted by molar-refractivity contribution is 0.470. The average Bonchev–Trinajstić information content (AvgIpc) is 2.25. The maximum Gasteiger partial charge on any atom is 0.118 e. The second kappa shape index (κ2) is 5.78. The predicted octanol–water partition coefficient (Wildman–Crippen LogP) is 4.00. The summed E-state index contributed by atoms with van der Waals surface area (Å²) in [5.74, 6) is 0.381. The highest BCUT2D eigenvalue weighted by Gasteiger charge is 2.08. The Kier molecular flexibility index (Phi) is 4.66. The molecule has 2 nitrogen and oxygen atoms in total. The van der Waals surface area contributed by atoms with Gasteiger partial charge in [-0.1, -0.05) is 20.3 Å². The van der Waals surface area contributed by atoms with Crippen molar-refractivity contribution < 1.29 is 5.11 Å². The van der Waals surface area contributed by atoms with Gasteiger partial charge in [0.25, 0.3) is 0 Å². The lowest BCUT2D eigenvalue weighted by Gasteiger charge is -2.20. The van der Waals surface area contributed by atoms with Crippen molar-refractivity contribution in [2.75, 3.05) is 5.32 Å². The van der Waals surface area contributed by atoms with Crippen molar-refractivity contribution in [3.8, 4) is 5.75 Å². The molecule has 2 heteroatoms. The van der Waals surface area contributed by atoms with Gasteiger partial charge in [-0.25, -0.2) is 0 Å². The van der Waals surface area contributed by atoms with Gasteiger partial charge in [0.1, 0.15) is 5.75 Å². The Morgan fingerprint density at radius 1 is 1.19 bits per heavy atom. The lowest BCUT2D eigenvalue weighted by atomic mass is 10.1. The van der Waals surface area contributed by atoms with Crippen molar-refractivity contribution >= 4 is 5.69 Å². The number of phenolic OH excluding ortho intramolecular Hbond substituents is 1. The van der Waals surface area contributed by atoms with E-state index in [1.807, 2.05) is 26.0 Å². The number of aromatic hydroxyl groups is 1. The van der Waals surface area contributed by atoms with E-state index in [1.165, 1.54) is 12.8 Å². The molecule has 0 fully saturated rings. The van der Waals surface area contributed by atoms with E-state index in [1.54, 1.807) is 0 Å². The van der Waals surface area contributed by atoms with Crippen LogP contribution < -0.4 is 5.32 Å². The van der Waals surface area contributed by atoms with Crippen molar-refractivity contribution in [1.29, 1.82) is 0 Å². The Hall–Kier alpha value is -1.18. The molecule has 0 saturated heterocycles. The lowest BCUT2D eigenvalue weighted by Crippen LogP contribution is -2.18. The minimum absolute atomic E-state index is 0.381. The standard InChI is InChI=1S/C14H23NO/c1-5-7-12(6-2)15-13-8-11(4)14(16)9-10(13)3/h8-9,12,15-16H,5-7H2,1-4H3. The van der Waals surface area contributed by atoms with Gasteiger partial charge in [-0.05, 0) is 49.9 Å². The van der Waals surface area contributed by atoms with Gasteiger partial charge in [-0.15, -0.1) is 0 Å². The number of phenols is 1. The zero-order chi connectivity index (χ0) is 12.1. The molecule has 2 N–H and O–H groups in total. The third kappa shape index (κ3) is 3.16. The fourth-order valence-corrected chi connectivity index (χ4v) is 1.90. The topological polar surface area (TPSA) is 32.3 Å². The highest BCUT2D eigenvalue weighted by atomic mass is 16.3. The molecule has 16 heavy (non-hydrogen) atoms. The van der Waals surface area contributed by atoms with Crippen LogP contribution in [0.3, 0.4) is 0 Å². The average molecular weight is 221 g/mol. The van der Waals surface area contributed by atoms with Crippen LogP contribution in [-0.2, 0) is 0 Å². The zero-order valence-corrected chi connectivity index (χ0v) is 10.8. The molecule has 90 valence electrons. The molecule has 0 amide bonds. The molecule has 0 aromatic heterocycles. The second-order valence-corrected chi connectivity index (χ2v) is 4.49. The van der Waals surface area contributed by atoms with E-state index in [-0.39, 0.29) is 0 Å². The van der Waals surface area contributed by atoms with Crippen molar-refractivity contribution in [3.05, 3.63) is 23.3 Å². The van der Waals surface area contributed by atoms with Gasteiger partial charge in [0, 0.05) is 11.7 Å². The first kappa shape index (κ1) is 12.9. The number of nitrogens with one attached hydrogen (secondary N) is 1. The highest BCUT2D eigenvalue weighted by Crippen LogP contribution is 2.26. The summed E-state index contributed by atoms with van der Waals surface area (Å²) < 4.78 is 0. The number of rotatable bonds is 5. The molecule has 0 saturated carbocycles. The minimum atomic E-state index is 0.381. The Bertz CT molecular complexity index is 347. The maximum absolute atomic E-state index is 9.59. The first-order chi connectivity index (χ1) is 7.58. The molecular formula is C14H23NO. The van der Waals surface area contributed by atoms with Crippen LogP contribution in [0.25, 0.3) is 0 Å². The number of aryl methyl sites for hydroxylation is 2. The molecule has 0 spiro atoms. The minimum Gasteiger partial charge on any atom is -0.508 e. The number of hydrogen-bond donors (Lipinski definition) is 2. The summed E-state index contributed by atoms with van der Waals surface area (Å²) >= 11 is 0. The van der Waals surface area contributed by atoms with E-state index >= 15 is 0 Å². The third-order valence-electron chi connectivity index (χ3n) is 3.03. The van der Waals surface area contributed by atoms with Crippen molar-refractivity contribution in [3.63, 3.8) is 0 Å². The molecule has 0 aliphatic rings. The van der Waals surface area contributed by atoms with E-state index < -0.39 is 0 Å². The summed E-state index contributed by atoms with van der Waals surface area (Å²) in [4.78, 5) is 0. The van der Waals surface area contributed by atoms with Gasteiger partial charge in [0.2, 0.25) is 0 Å². The second-order valence-electron chi connectivity index (χ2n) is 4.49. The monoisotopic (exact) mass is 221 g/mol. The molecule has 1 atom stereocenters. The summed E-state index contributed by atoms with van der Waals surface area (Å²) in [7, 11) is 0. The molecule has 0 aliphatic heterocycles. The van der Waals surface area contributed by atoms with Crippen LogP contribution in [-0.4, -0.2) is 11.1 Å². The van der Waals surface area contributed by atoms with Crippen LogP contribution in [0.15, 0.2) is 12.1 Å². The van der Waals surface area contributed by atoms with Gasteiger partial charge in [0.15, 0.2) is 0 Å². The summed E-state index contributed by atoms with van der Waals surface area (Å²) in [6, 6.07) is 4.40. The van der Waals surface area contributed by atoms with Crippen molar-refractivity contribution in [2.45, 2.75) is 53.0 Å². The smallest absolute Gasteiger partial charge is 0.118 e. The molecular weight excluding hydrogens is 198 g/mol. The van der Waals surface area contributed by atoms with Crippen LogP contribution in [0, 0.1) is 13.8 Å². The Labute approximate surface area is 98.7 Å². The van der Waals surface area contributed by atoms with Crippen molar-refractivity contribution in [1.82, 2.24) is 0 Å². The molecule has 1 rings (SSSR count). The fourth-order valence-electron chi connectivity index (χ4n) is 1.90. The molecule has 1 unspecified atom stereocenters. The van der Waals surface area contributed by atoms with Gasteiger partial charge < -0.3 is 10.4 Å². The number of hydrogen-bond acceptors (Lipinski definition) is 2. The first-order valence-electron chi connectivity index (χ1n) is 6.15. The van der Waals surface area contributed by atoms with E-state index in [2.05, 4.69) is 19.2 Å². The highest BCUT2D eigenvalue weighted by molar-refractivity contribution is 5.57. The molecule has 0 aliphatic carbocycles. The molecule has 0 radical (unpaired) electrons. The Morgan fingerprint density at radius 3 is 2.44 bits per heavy atom. The van der Waals surface area contributed by atoms with E-state index in [0.717, 1.165) is 23.2 Å². The summed E-state index contributed by atoms with van der Waals surface area (Å²) in [5.41, 5.74) is 3.19. The largest absolute Gasteiger partial charge is 0.508 e. The van der Waals surface area contributed by atoms with Gasteiger partial charge in [-0.2, -0.15) is 0 Å². The quantitative estimate of drug-likeness (QED) is 0.737. The predicted molar refractivity (Wildman–Crippen MR) is 70.2 cm³/mol. The normalized spacial score (nSPS) is 12.5. The van der Waals surface area contributed by atoms with Crippen LogP contribution >= 0.6 is 0 Å². The molecule has 0 bridgehead atoms. The van der Waals surface area contributed by atoms with E-state index in [4.69, 9.17) is 0 Å². The molecule has 1 aromatic carbocycles. The zero-order valence-electron chi connectivity index (χ0n) is 10.8. The van der Waals surface area contributed by atoms with E-state index in [0.29, 0.717) is 11.8 Å². The van der Waals surface area contributed by atoms with Crippen LogP contribution in [0.1, 0.15) is 44.2 Å². The number of benzene rings is 1. The Morgan fingerprint density at radius 2 is 1.88 bits per heavy atom. The third-order valence-corrected chi connectivity index (χ3v) is 3.03. The fraction of sp³-hybridized carbons (Fsp3) is 0.571. The molecule has 1 aromatic rings. The summed E-state index contributed by atoms with van der Waals surface area (Å²) in [5, 5.41) is 13.1. The van der Waals surface area contributed by atoms with Gasteiger partial charge >= 0.3 is 0 Å². The SMILES string of the molecule is CCCC(CC)Nc1cc(C)c(O)cc1C. The van der Waals surface area contributed by atoms with Crippen LogP contribution in [0.2, 0.25) is 0 Å². The Balaban J connectivity index is 2.83. The summed E-state index contributed by atoms with van der Waals surface area (Å²) in [6.07, 6.45) is 3.52. The summed E-state index contributed by atoms with van der Waals surface area (Å²) in [6.45, 7) is 8.37. The van der Waals surface area contributed by atoms with Crippen molar-refractivity contribution in [2.24, 2.45) is 0 Å². The van der Waals surface area contributed by atoms with Crippen LogP contribution in [0.5, 0.6) is 5.75 Å². The molecule has 0 heterocycles. The van der Waals surface area contributed by atoms with E-state index in [9.17, 15) is 5.11 Å². The number of anilines is 1.